The summed E-state index contributed by atoms with van der Waals surface area (Å²) in [6.07, 6.45) is 6.07. The Hall–Kier alpha value is -3.85. The van der Waals surface area contributed by atoms with Gasteiger partial charge in [-0.3, -0.25) is 4.79 Å². The molecule has 230 valence electrons. The molecular formula is C34H44N4O5. The van der Waals surface area contributed by atoms with E-state index in [2.05, 4.69) is 59.2 Å². The molecule has 9 heteroatoms. The van der Waals surface area contributed by atoms with Gasteiger partial charge in [-0.25, -0.2) is 9.59 Å². The van der Waals surface area contributed by atoms with Gasteiger partial charge in [0.1, 0.15) is 12.2 Å². The maximum atomic E-state index is 13.5. The van der Waals surface area contributed by atoms with E-state index in [-0.39, 0.29) is 36.6 Å². The number of hydrogen-bond acceptors (Lipinski definition) is 5. The number of likely N-dealkylation sites (tertiary alicyclic amines) is 2. The monoisotopic (exact) mass is 588 g/mol. The molecule has 3 aliphatic heterocycles. The molecule has 2 N–H and O–H groups in total. The van der Waals surface area contributed by atoms with E-state index in [0.717, 1.165) is 24.8 Å². The molecule has 0 saturated carbocycles. The van der Waals surface area contributed by atoms with Crippen LogP contribution in [0.15, 0.2) is 60.7 Å². The van der Waals surface area contributed by atoms with Crippen molar-refractivity contribution in [2.45, 2.75) is 63.7 Å². The predicted molar refractivity (Wildman–Crippen MR) is 166 cm³/mol. The van der Waals surface area contributed by atoms with Crippen molar-refractivity contribution >= 4 is 24.1 Å². The summed E-state index contributed by atoms with van der Waals surface area (Å²) < 4.78 is 11.0. The van der Waals surface area contributed by atoms with Gasteiger partial charge in [-0.1, -0.05) is 66.7 Å². The largest absolute Gasteiger partial charge is 0.444 e. The minimum Gasteiger partial charge on any atom is -0.444 e. The first-order chi connectivity index (χ1) is 20.7. The zero-order valence-corrected chi connectivity index (χ0v) is 25.5. The van der Waals surface area contributed by atoms with Gasteiger partial charge in [0.25, 0.3) is 0 Å². The fourth-order valence-electron chi connectivity index (χ4n) is 6.40. The Morgan fingerprint density at radius 2 is 1.74 bits per heavy atom. The van der Waals surface area contributed by atoms with Crippen LogP contribution < -0.4 is 10.6 Å². The third-order valence-electron chi connectivity index (χ3n) is 8.38. The second kappa shape index (κ2) is 13.6. The number of benzene rings is 2. The number of rotatable bonds is 6. The first-order valence-corrected chi connectivity index (χ1v) is 15.4. The fourth-order valence-corrected chi connectivity index (χ4v) is 6.40. The maximum absolute atomic E-state index is 13.5. The first-order valence-electron chi connectivity index (χ1n) is 15.4. The van der Waals surface area contributed by atoms with Crippen molar-refractivity contribution in [3.8, 4) is 0 Å². The number of hydrogen-bond donors (Lipinski definition) is 2. The summed E-state index contributed by atoms with van der Waals surface area (Å²) in [6.45, 7) is 8.57. The Morgan fingerprint density at radius 1 is 1.02 bits per heavy atom. The van der Waals surface area contributed by atoms with E-state index < -0.39 is 11.7 Å². The Balaban J connectivity index is 1.22. The Kier molecular flexibility index (Phi) is 9.70. The molecule has 3 fully saturated rings. The summed E-state index contributed by atoms with van der Waals surface area (Å²) in [5.74, 6) is 0.480. The summed E-state index contributed by atoms with van der Waals surface area (Å²) in [6, 6.07) is 19.1. The van der Waals surface area contributed by atoms with Crippen LogP contribution in [0.25, 0.3) is 6.08 Å². The second-order valence-electron chi connectivity index (χ2n) is 12.7. The van der Waals surface area contributed by atoms with E-state index in [1.165, 1.54) is 11.1 Å². The van der Waals surface area contributed by atoms with Crippen LogP contribution in [0.5, 0.6) is 0 Å². The number of alkyl carbamates (subject to hydrolysis) is 1. The highest BCUT2D eigenvalue weighted by atomic mass is 16.6. The Bertz CT molecular complexity index is 1300. The van der Waals surface area contributed by atoms with E-state index >= 15 is 0 Å². The lowest BCUT2D eigenvalue weighted by molar-refractivity contribution is -0.139. The smallest absolute Gasteiger partial charge is 0.407 e. The summed E-state index contributed by atoms with van der Waals surface area (Å²) in [4.78, 5) is 41.1. The zero-order chi connectivity index (χ0) is 30.4. The van der Waals surface area contributed by atoms with Crippen LogP contribution in [-0.2, 0) is 14.3 Å². The van der Waals surface area contributed by atoms with Crippen LogP contribution in [0.4, 0.5) is 9.59 Å². The van der Waals surface area contributed by atoms with Crippen LogP contribution in [0.3, 0.4) is 0 Å². The number of nitrogens with zero attached hydrogens (tertiary/aromatic N) is 2. The standard InChI is InChI=1S/C34H44N4O5/c1-34(2,3)43-32(40)35-17-8-10-24-9-7-13-27(21-24)31(25-11-5-4-6-12-25)26-14-18-37(19-15-26)33(41)38-20-16-29-28(22-38)36-30(39)23-42-29/h4-13,21,26,28-29,31H,14-20,22-23H2,1-3H3,(H,35,40)(H,36,39)/b10-8+/t28-,29+,31?/m1/s1. The molecule has 3 saturated heterocycles. The van der Waals surface area contributed by atoms with Crippen molar-refractivity contribution in [3.05, 3.63) is 77.4 Å². The normalized spacial score (nSPS) is 22.1. The molecule has 3 aliphatic rings. The zero-order valence-electron chi connectivity index (χ0n) is 25.5. The SMILES string of the molecule is CC(C)(C)OC(=O)NC/C=C/c1cccc(C(c2ccccc2)C2CCN(C(=O)N3CC[C@@H]4OCC(=O)N[C@@H]4C3)CC2)c1. The first kappa shape index (κ1) is 30.6. The van der Waals surface area contributed by atoms with Crippen LogP contribution >= 0.6 is 0 Å². The molecule has 3 heterocycles. The number of ether oxygens (including phenoxy) is 2. The third kappa shape index (κ3) is 8.16. The van der Waals surface area contributed by atoms with Gasteiger partial charge in [-0.2, -0.15) is 0 Å². The van der Waals surface area contributed by atoms with Gasteiger partial charge in [0.15, 0.2) is 0 Å². The van der Waals surface area contributed by atoms with Crippen molar-refractivity contribution in [3.63, 3.8) is 0 Å². The quantitative estimate of drug-likeness (QED) is 0.506. The number of morpholine rings is 1. The fraction of sp³-hybridized carbons (Fsp3) is 0.500. The number of fused-ring (bicyclic) bond motifs is 1. The van der Waals surface area contributed by atoms with Crippen molar-refractivity contribution < 1.29 is 23.9 Å². The highest BCUT2D eigenvalue weighted by molar-refractivity contribution is 5.79. The van der Waals surface area contributed by atoms with E-state index in [4.69, 9.17) is 9.47 Å². The number of urea groups is 1. The molecule has 9 nitrogen and oxygen atoms in total. The highest BCUT2D eigenvalue weighted by Gasteiger charge is 2.38. The van der Waals surface area contributed by atoms with Crippen LogP contribution in [0.2, 0.25) is 0 Å². The van der Waals surface area contributed by atoms with Gasteiger partial charge in [0.05, 0.1) is 12.1 Å². The molecule has 43 heavy (non-hydrogen) atoms. The third-order valence-corrected chi connectivity index (χ3v) is 8.38. The number of carbonyl (C=O) groups excluding carboxylic acids is 3. The van der Waals surface area contributed by atoms with E-state index in [1.54, 1.807) is 0 Å². The minimum atomic E-state index is -0.529. The molecule has 2 aromatic rings. The number of piperidine rings is 2. The highest BCUT2D eigenvalue weighted by Crippen LogP contribution is 2.38. The van der Waals surface area contributed by atoms with Gasteiger partial charge >= 0.3 is 12.1 Å². The van der Waals surface area contributed by atoms with Gasteiger partial charge in [-0.05, 0) is 62.6 Å². The maximum Gasteiger partial charge on any atom is 0.407 e. The van der Waals surface area contributed by atoms with Gasteiger partial charge in [0.2, 0.25) is 5.91 Å². The molecular weight excluding hydrogens is 544 g/mol. The molecule has 0 aromatic heterocycles. The van der Waals surface area contributed by atoms with Crippen molar-refractivity contribution in [2.24, 2.45) is 5.92 Å². The molecule has 3 atom stereocenters. The molecule has 0 bridgehead atoms. The molecule has 1 unspecified atom stereocenters. The lowest BCUT2D eigenvalue weighted by atomic mass is 9.76. The van der Waals surface area contributed by atoms with Crippen molar-refractivity contribution in [2.75, 3.05) is 39.3 Å². The molecule has 0 spiro atoms. The van der Waals surface area contributed by atoms with Gasteiger partial charge in [-0.15, -0.1) is 0 Å². The van der Waals surface area contributed by atoms with Crippen LogP contribution in [0.1, 0.15) is 62.6 Å². The van der Waals surface area contributed by atoms with Gasteiger partial charge < -0.3 is 29.9 Å². The van der Waals surface area contributed by atoms with Crippen LogP contribution in [-0.4, -0.2) is 84.9 Å². The van der Waals surface area contributed by atoms with E-state index in [1.807, 2.05) is 48.8 Å². The second-order valence-corrected chi connectivity index (χ2v) is 12.7. The summed E-state index contributed by atoms with van der Waals surface area (Å²) in [5.41, 5.74) is 3.06. The predicted octanol–water partition coefficient (Wildman–Crippen LogP) is 4.78. The van der Waals surface area contributed by atoms with Gasteiger partial charge in [0, 0.05) is 38.6 Å². The molecule has 2 aromatic carbocycles. The molecule has 0 radical (unpaired) electrons. The molecule has 5 rings (SSSR count). The topological polar surface area (TPSA) is 100 Å². The Morgan fingerprint density at radius 3 is 2.49 bits per heavy atom. The number of carbonyl (C=O) groups is 3. The Labute approximate surface area is 254 Å². The van der Waals surface area contributed by atoms with Crippen molar-refractivity contribution in [1.29, 1.82) is 0 Å². The summed E-state index contributed by atoms with van der Waals surface area (Å²) >= 11 is 0. The number of amides is 4. The van der Waals surface area contributed by atoms with Crippen molar-refractivity contribution in [1.82, 2.24) is 20.4 Å². The lowest BCUT2D eigenvalue weighted by Crippen LogP contribution is -2.62. The molecule has 0 aliphatic carbocycles. The summed E-state index contributed by atoms with van der Waals surface area (Å²) in [5, 5.41) is 5.76. The lowest BCUT2D eigenvalue weighted by Gasteiger charge is -2.44. The summed E-state index contributed by atoms with van der Waals surface area (Å²) in [7, 11) is 0. The van der Waals surface area contributed by atoms with E-state index in [0.29, 0.717) is 38.6 Å². The number of nitrogens with one attached hydrogen (secondary N) is 2. The average Bonchev–Trinajstić information content (AvgIpc) is 2.99. The van der Waals surface area contributed by atoms with E-state index in [9.17, 15) is 14.4 Å². The van der Waals surface area contributed by atoms with Crippen LogP contribution in [0, 0.1) is 5.92 Å². The average molecular weight is 589 g/mol. The molecule has 4 amide bonds. The minimum absolute atomic E-state index is 0.00837.